The minimum atomic E-state index is -0.282. The molecule has 0 bridgehead atoms. The molecule has 0 aliphatic rings. The molecule has 0 spiro atoms. The molecule has 0 amide bonds. The van der Waals surface area contributed by atoms with Gasteiger partial charge in [0.25, 0.3) is 0 Å². The lowest BCUT2D eigenvalue weighted by atomic mass is 10.2. The summed E-state index contributed by atoms with van der Waals surface area (Å²) in [6.45, 7) is 4.00. The molecule has 3 aromatic rings. The van der Waals surface area contributed by atoms with E-state index in [4.69, 9.17) is 0 Å². The van der Waals surface area contributed by atoms with E-state index in [1.165, 1.54) is 27.3 Å². The molecule has 21 heavy (non-hydrogen) atoms. The van der Waals surface area contributed by atoms with Crippen molar-refractivity contribution < 1.29 is 0 Å². The number of pyridine rings is 1. The van der Waals surface area contributed by atoms with Crippen LogP contribution in [0.5, 0.6) is 0 Å². The summed E-state index contributed by atoms with van der Waals surface area (Å²) in [6.07, 6.45) is 1.76. The maximum Gasteiger partial charge on any atom is 0.355 e. The molecule has 0 saturated carbocycles. The van der Waals surface area contributed by atoms with Crippen molar-refractivity contribution in [2.45, 2.75) is 24.8 Å². The third-order valence-electron chi connectivity index (χ3n) is 3.17. The van der Waals surface area contributed by atoms with Gasteiger partial charge in [0.05, 0.1) is 0 Å². The average molecular weight is 297 g/mol. The number of hydrogen-bond donors (Lipinski definition) is 0. The van der Waals surface area contributed by atoms with E-state index in [1.54, 1.807) is 6.20 Å². The van der Waals surface area contributed by atoms with Gasteiger partial charge in [-0.05, 0) is 31.0 Å². The maximum atomic E-state index is 12.0. The molecule has 0 unspecified atom stereocenters. The molecule has 0 saturated heterocycles. The topological polar surface area (TPSA) is 47.3 Å². The average Bonchev–Trinajstić information content (AvgIpc) is 2.47. The molecule has 2 aromatic heterocycles. The zero-order chi connectivity index (χ0) is 14.8. The lowest BCUT2D eigenvalue weighted by Crippen LogP contribution is -2.19. The van der Waals surface area contributed by atoms with Crippen LogP contribution in [0.4, 0.5) is 0 Å². The molecule has 0 aliphatic carbocycles. The Bertz CT molecular complexity index is 840. The number of thioether (sulfide) groups is 1. The molecule has 4 nitrogen and oxygen atoms in total. The second kappa shape index (κ2) is 5.69. The minimum absolute atomic E-state index is 0.282. The molecule has 3 rings (SSSR count). The molecule has 0 atom stereocenters. The highest BCUT2D eigenvalue weighted by Crippen LogP contribution is 2.19. The van der Waals surface area contributed by atoms with Crippen LogP contribution in [0.25, 0.3) is 5.65 Å². The summed E-state index contributed by atoms with van der Waals surface area (Å²) in [5, 5.41) is 0.518. The summed E-state index contributed by atoms with van der Waals surface area (Å²) in [7, 11) is 0. The number of aryl methyl sites for hydroxylation is 2. The fourth-order valence-electron chi connectivity index (χ4n) is 2.00. The van der Waals surface area contributed by atoms with Gasteiger partial charge in [-0.15, -0.1) is 0 Å². The predicted octanol–water partition coefficient (Wildman–Crippen LogP) is 3.00. The monoisotopic (exact) mass is 297 g/mol. The van der Waals surface area contributed by atoms with E-state index < -0.39 is 0 Å². The molecule has 0 radical (unpaired) electrons. The summed E-state index contributed by atoms with van der Waals surface area (Å²) in [4.78, 5) is 20.5. The van der Waals surface area contributed by atoms with Crippen LogP contribution in [-0.2, 0) is 5.75 Å². The van der Waals surface area contributed by atoms with Crippen molar-refractivity contribution in [3.63, 3.8) is 0 Å². The van der Waals surface area contributed by atoms with E-state index in [2.05, 4.69) is 41.2 Å². The van der Waals surface area contributed by atoms with Gasteiger partial charge in [0.15, 0.2) is 5.16 Å². The van der Waals surface area contributed by atoms with Crippen molar-refractivity contribution in [2.24, 2.45) is 0 Å². The summed E-state index contributed by atoms with van der Waals surface area (Å²) in [6, 6.07) is 12.1. The molecule has 0 fully saturated rings. The van der Waals surface area contributed by atoms with Crippen LogP contribution in [0.2, 0.25) is 0 Å². The molecule has 2 heterocycles. The Labute approximate surface area is 126 Å². The summed E-state index contributed by atoms with van der Waals surface area (Å²) >= 11 is 1.48. The highest BCUT2D eigenvalue weighted by molar-refractivity contribution is 7.98. The van der Waals surface area contributed by atoms with Crippen molar-refractivity contribution in [1.82, 2.24) is 14.4 Å². The van der Waals surface area contributed by atoms with Gasteiger partial charge in [-0.1, -0.05) is 47.7 Å². The molecule has 106 valence electrons. The second-order valence-corrected chi connectivity index (χ2v) is 5.94. The van der Waals surface area contributed by atoms with Gasteiger partial charge < -0.3 is 0 Å². The van der Waals surface area contributed by atoms with E-state index in [0.29, 0.717) is 10.8 Å². The van der Waals surface area contributed by atoms with Gasteiger partial charge in [-0.25, -0.2) is 9.78 Å². The van der Waals surface area contributed by atoms with Crippen LogP contribution in [0.3, 0.4) is 0 Å². The highest BCUT2D eigenvalue weighted by Gasteiger charge is 2.05. The first-order valence-electron chi connectivity index (χ1n) is 6.67. The van der Waals surface area contributed by atoms with Crippen molar-refractivity contribution in [2.75, 3.05) is 0 Å². The fraction of sp³-hybridized carbons (Fsp3) is 0.188. The molecule has 1 aromatic carbocycles. The van der Waals surface area contributed by atoms with E-state index in [9.17, 15) is 4.79 Å². The van der Waals surface area contributed by atoms with E-state index in [-0.39, 0.29) is 5.69 Å². The van der Waals surface area contributed by atoms with Gasteiger partial charge in [0, 0.05) is 11.9 Å². The quantitative estimate of drug-likeness (QED) is 0.697. The van der Waals surface area contributed by atoms with Crippen LogP contribution in [-0.4, -0.2) is 14.4 Å². The largest absolute Gasteiger partial charge is 0.355 e. The molecular formula is C16H15N3OS. The van der Waals surface area contributed by atoms with Gasteiger partial charge in [0.1, 0.15) is 5.65 Å². The SMILES string of the molecule is Cc1ccc(CSc2nc(=O)n3cc(C)ccc3n2)cc1. The Morgan fingerprint density at radius 3 is 2.48 bits per heavy atom. The second-order valence-electron chi connectivity index (χ2n) is 5.00. The van der Waals surface area contributed by atoms with Gasteiger partial charge in [-0.2, -0.15) is 4.98 Å². The van der Waals surface area contributed by atoms with Crippen molar-refractivity contribution in [3.05, 3.63) is 69.8 Å². The molecule has 0 aliphatic heterocycles. The Balaban J connectivity index is 1.86. The standard InChI is InChI=1S/C16H15N3OS/c1-11-3-6-13(7-4-11)10-21-15-17-14-8-5-12(2)9-19(14)16(20)18-15/h3-9H,10H2,1-2H3. The van der Waals surface area contributed by atoms with Crippen LogP contribution in [0, 0.1) is 13.8 Å². The van der Waals surface area contributed by atoms with Gasteiger partial charge in [0.2, 0.25) is 0 Å². The lowest BCUT2D eigenvalue weighted by Gasteiger charge is -2.04. The highest BCUT2D eigenvalue weighted by atomic mass is 32.2. The van der Waals surface area contributed by atoms with Crippen molar-refractivity contribution >= 4 is 17.4 Å². The lowest BCUT2D eigenvalue weighted by molar-refractivity contribution is 0.843. The van der Waals surface area contributed by atoms with Crippen molar-refractivity contribution in [3.8, 4) is 0 Å². The zero-order valence-corrected chi connectivity index (χ0v) is 12.7. The first kappa shape index (κ1) is 13.8. The zero-order valence-electron chi connectivity index (χ0n) is 11.9. The van der Waals surface area contributed by atoms with Gasteiger partial charge in [-0.3, -0.25) is 4.40 Å². The Hall–Kier alpha value is -2.14. The number of rotatable bonds is 3. The summed E-state index contributed by atoms with van der Waals surface area (Å²) < 4.78 is 1.48. The van der Waals surface area contributed by atoms with Crippen LogP contribution >= 0.6 is 11.8 Å². The van der Waals surface area contributed by atoms with E-state index in [1.807, 2.05) is 19.1 Å². The van der Waals surface area contributed by atoms with Gasteiger partial charge >= 0.3 is 5.69 Å². The summed E-state index contributed by atoms with van der Waals surface area (Å²) in [5.74, 6) is 0.752. The van der Waals surface area contributed by atoms with Crippen LogP contribution in [0.15, 0.2) is 52.5 Å². The molecule has 0 N–H and O–H groups in total. The van der Waals surface area contributed by atoms with E-state index in [0.717, 1.165) is 11.3 Å². The number of fused-ring (bicyclic) bond motifs is 1. The Morgan fingerprint density at radius 2 is 1.71 bits per heavy atom. The smallest absolute Gasteiger partial charge is 0.251 e. The number of benzene rings is 1. The maximum absolute atomic E-state index is 12.0. The Morgan fingerprint density at radius 1 is 1.00 bits per heavy atom. The first-order valence-corrected chi connectivity index (χ1v) is 7.66. The molecular weight excluding hydrogens is 282 g/mol. The number of aromatic nitrogens is 3. The first-order chi connectivity index (χ1) is 10.1. The van der Waals surface area contributed by atoms with Crippen molar-refractivity contribution in [1.29, 1.82) is 0 Å². The van der Waals surface area contributed by atoms with Crippen LogP contribution in [0.1, 0.15) is 16.7 Å². The third-order valence-corrected chi connectivity index (χ3v) is 4.09. The summed E-state index contributed by atoms with van der Waals surface area (Å²) in [5.41, 5.74) is 3.79. The fourth-order valence-corrected chi connectivity index (χ4v) is 2.79. The minimum Gasteiger partial charge on any atom is -0.251 e. The predicted molar refractivity (Wildman–Crippen MR) is 84.7 cm³/mol. The van der Waals surface area contributed by atoms with E-state index >= 15 is 0 Å². The normalized spacial score (nSPS) is 11.0. The van der Waals surface area contributed by atoms with Crippen LogP contribution < -0.4 is 5.69 Å². The number of hydrogen-bond acceptors (Lipinski definition) is 4. The third kappa shape index (κ3) is 3.13. The molecule has 5 heteroatoms. The Kier molecular flexibility index (Phi) is 3.75. The number of nitrogens with zero attached hydrogens (tertiary/aromatic N) is 3.